The van der Waals surface area contributed by atoms with E-state index in [0.717, 1.165) is 6.08 Å². The van der Waals surface area contributed by atoms with Gasteiger partial charge in [0.05, 0.1) is 22.7 Å². The van der Waals surface area contributed by atoms with E-state index in [2.05, 4.69) is 15.0 Å². The van der Waals surface area contributed by atoms with Crippen molar-refractivity contribution in [2.75, 3.05) is 0 Å². The van der Waals surface area contributed by atoms with Crippen molar-refractivity contribution >= 4 is 26.7 Å². The number of H-pyrrole nitrogens is 1. The van der Waals surface area contributed by atoms with E-state index in [0.29, 0.717) is 28.0 Å². The third-order valence-electron chi connectivity index (χ3n) is 4.57. The molecule has 1 aliphatic rings. The standard InChI is InChI=1S/C17H14N4O4S/c1-11-19-14-5-7-17(21(22)23,9-15(14)20-11)26(24,25)16-4-2-3-12-10-18-8-6-13(12)16/h2-8,10H,9H2,1H3,(H,19,20). The van der Waals surface area contributed by atoms with E-state index in [-0.39, 0.29) is 11.3 Å². The monoisotopic (exact) mass is 370 g/mol. The van der Waals surface area contributed by atoms with Gasteiger partial charge in [-0.05, 0) is 25.1 Å². The summed E-state index contributed by atoms with van der Waals surface area (Å²) in [5.74, 6) is 0.576. The van der Waals surface area contributed by atoms with Crippen LogP contribution in [0.1, 0.15) is 17.2 Å². The number of fused-ring (bicyclic) bond motifs is 2. The van der Waals surface area contributed by atoms with Crippen LogP contribution >= 0.6 is 0 Å². The van der Waals surface area contributed by atoms with Crippen LogP contribution in [-0.4, -0.2) is 33.2 Å². The molecule has 1 unspecified atom stereocenters. The second kappa shape index (κ2) is 5.46. The van der Waals surface area contributed by atoms with Crippen LogP contribution in [0.15, 0.2) is 47.6 Å². The van der Waals surface area contributed by atoms with Gasteiger partial charge in [-0.1, -0.05) is 12.1 Å². The van der Waals surface area contributed by atoms with E-state index in [1.165, 1.54) is 24.5 Å². The lowest BCUT2D eigenvalue weighted by atomic mass is 10.0. The maximum Gasteiger partial charge on any atom is 0.347 e. The molecular formula is C17H14N4O4S. The Hall–Kier alpha value is -3.07. The highest BCUT2D eigenvalue weighted by molar-refractivity contribution is 7.93. The van der Waals surface area contributed by atoms with Crippen LogP contribution in [0.25, 0.3) is 16.8 Å². The zero-order valence-corrected chi connectivity index (χ0v) is 14.5. The summed E-state index contributed by atoms with van der Waals surface area (Å²) >= 11 is 0. The number of nitrogens with zero attached hydrogens (tertiary/aromatic N) is 3. The second-order valence-corrected chi connectivity index (χ2v) is 8.31. The molecule has 4 rings (SSSR count). The zero-order chi connectivity index (χ0) is 18.5. The number of imidazole rings is 1. The highest BCUT2D eigenvalue weighted by Crippen LogP contribution is 2.38. The van der Waals surface area contributed by atoms with Crippen LogP contribution in [0.4, 0.5) is 0 Å². The molecular weight excluding hydrogens is 356 g/mol. The number of sulfone groups is 1. The predicted octanol–water partition coefficient (Wildman–Crippen LogP) is 2.28. The van der Waals surface area contributed by atoms with Crippen LogP contribution < -0.4 is 0 Å². The maximum atomic E-state index is 13.4. The number of pyridine rings is 1. The number of aromatic amines is 1. The smallest absolute Gasteiger partial charge is 0.345 e. The Kier molecular flexibility index (Phi) is 3.45. The van der Waals surface area contributed by atoms with Gasteiger partial charge >= 0.3 is 4.87 Å². The summed E-state index contributed by atoms with van der Waals surface area (Å²) in [6.07, 6.45) is 5.21. The molecule has 0 amide bonds. The number of nitro groups is 1. The van der Waals surface area contributed by atoms with Gasteiger partial charge in [0.25, 0.3) is 9.84 Å². The second-order valence-electron chi connectivity index (χ2n) is 6.15. The SMILES string of the molecule is Cc1nc2c([nH]1)CC([N+](=O)[O-])(S(=O)(=O)c1cccc3cnccc13)C=C2. The fourth-order valence-corrected chi connectivity index (χ4v) is 5.17. The number of nitrogens with one attached hydrogen (secondary N) is 1. The lowest BCUT2D eigenvalue weighted by Gasteiger charge is -2.25. The van der Waals surface area contributed by atoms with Crippen molar-refractivity contribution < 1.29 is 13.3 Å². The molecule has 2 aromatic heterocycles. The van der Waals surface area contributed by atoms with Gasteiger partial charge < -0.3 is 4.98 Å². The molecule has 9 heteroatoms. The molecule has 3 aromatic rings. The number of aromatic nitrogens is 3. The van der Waals surface area contributed by atoms with Gasteiger partial charge in [0.2, 0.25) is 0 Å². The van der Waals surface area contributed by atoms with Crippen molar-refractivity contribution in [3.63, 3.8) is 0 Å². The molecule has 0 spiro atoms. The number of hydrogen-bond donors (Lipinski definition) is 1. The molecule has 0 saturated heterocycles. The normalized spacial score (nSPS) is 19.4. The molecule has 2 heterocycles. The summed E-state index contributed by atoms with van der Waals surface area (Å²) in [5, 5.41) is 13.0. The summed E-state index contributed by atoms with van der Waals surface area (Å²) in [4.78, 5) is 20.0. The summed E-state index contributed by atoms with van der Waals surface area (Å²) in [6, 6.07) is 6.22. The van der Waals surface area contributed by atoms with Gasteiger partial charge in [-0.25, -0.2) is 13.4 Å². The van der Waals surface area contributed by atoms with Gasteiger partial charge in [-0.2, -0.15) is 0 Å². The Morgan fingerprint density at radius 1 is 1.31 bits per heavy atom. The Labute approximate surface area is 148 Å². The lowest BCUT2D eigenvalue weighted by Crippen LogP contribution is -2.47. The summed E-state index contributed by atoms with van der Waals surface area (Å²) in [6.45, 7) is 1.71. The van der Waals surface area contributed by atoms with E-state index in [1.807, 2.05) is 0 Å². The van der Waals surface area contributed by atoms with E-state index in [1.54, 1.807) is 25.1 Å². The fraction of sp³-hybridized carbons (Fsp3) is 0.176. The quantitative estimate of drug-likeness (QED) is 0.558. The largest absolute Gasteiger partial charge is 0.347 e. The van der Waals surface area contributed by atoms with Crippen molar-refractivity contribution in [3.8, 4) is 0 Å². The zero-order valence-electron chi connectivity index (χ0n) is 13.7. The molecule has 26 heavy (non-hydrogen) atoms. The minimum absolute atomic E-state index is 0.0848. The van der Waals surface area contributed by atoms with Crippen LogP contribution in [0.3, 0.4) is 0 Å². The minimum atomic E-state index is -4.34. The van der Waals surface area contributed by atoms with Crippen molar-refractivity contribution in [1.82, 2.24) is 15.0 Å². The van der Waals surface area contributed by atoms with E-state index >= 15 is 0 Å². The molecule has 1 aromatic carbocycles. The highest BCUT2D eigenvalue weighted by Gasteiger charge is 2.56. The Bertz CT molecular complexity index is 1180. The number of hydrogen-bond acceptors (Lipinski definition) is 6. The summed E-state index contributed by atoms with van der Waals surface area (Å²) in [5.41, 5.74) is 0.962. The topological polar surface area (TPSA) is 119 Å². The molecule has 132 valence electrons. The maximum absolute atomic E-state index is 13.4. The summed E-state index contributed by atoms with van der Waals surface area (Å²) < 4.78 is 26.9. The van der Waals surface area contributed by atoms with Crippen molar-refractivity contribution in [2.24, 2.45) is 0 Å². The predicted molar refractivity (Wildman–Crippen MR) is 94.7 cm³/mol. The average Bonchev–Trinajstić information content (AvgIpc) is 2.99. The average molecular weight is 370 g/mol. The number of benzene rings is 1. The molecule has 1 aliphatic carbocycles. The first-order valence-electron chi connectivity index (χ1n) is 7.82. The van der Waals surface area contributed by atoms with Crippen LogP contribution in [0.5, 0.6) is 0 Å². The Morgan fingerprint density at radius 3 is 2.88 bits per heavy atom. The van der Waals surface area contributed by atoms with E-state index in [4.69, 9.17) is 0 Å². The van der Waals surface area contributed by atoms with Crippen molar-refractivity contribution in [2.45, 2.75) is 23.1 Å². The molecule has 8 nitrogen and oxygen atoms in total. The van der Waals surface area contributed by atoms with Gasteiger partial charge in [0, 0.05) is 34.2 Å². The molecule has 1 atom stereocenters. The van der Waals surface area contributed by atoms with Crippen molar-refractivity contribution in [3.05, 3.63) is 70.1 Å². The number of rotatable bonds is 3. The fourth-order valence-electron chi connectivity index (χ4n) is 3.28. The molecule has 0 saturated carbocycles. The van der Waals surface area contributed by atoms with E-state index < -0.39 is 19.6 Å². The molecule has 1 N–H and O–H groups in total. The van der Waals surface area contributed by atoms with Gasteiger partial charge in [-0.15, -0.1) is 0 Å². The van der Waals surface area contributed by atoms with Gasteiger partial charge in [0.1, 0.15) is 5.82 Å². The third kappa shape index (κ3) is 2.17. The molecule has 0 aliphatic heterocycles. The first kappa shape index (κ1) is 16.4. The van der Waals surface area contributed by atoms with Crippen LogP contribution in [-0.2, 0) is 16.3 Å². The molecule has 0 bridgehead atoms. The first-order valence-corrected chi connectivity index (χ1v) is 9.30. The van der Waals surface area contributed by atoms with Gasteiger partial charge in [0.15, 0.2) is 0 Å². The van der Waals surface area contributed by atoms with Crippen LogP contribution in [0.2, 0.25) is 0 Å². The minimum Gasteiger partial charge on any atom is -0.345 e. The molecule has 0 fully saturated rings. The van der Waals surface area contributed by atoms with Crippen LogP contribution in [0, 0.1) is 17.0 Å². The summed E-state index contributed by atoms with van der Waals surface area (Å²) in [7, 11) is -4.34. The third-order valence-corrected chi connectivity index (χ3v) is 6.86. The number of aryl methyl sites for hydroxylation is 1. The Morgan fingerprint density at radius 2 is 2.12 bits per heavy atom. The highest BCUT2D eigenvalue weighted by atomic mass is 32.2. The van der Waals surface area contributed by atoms with Crippen molar-refractivity contribution in [1.29, 1.82) is 0 Å². The first-order chi connectivity index (χ1) is 12.3. The van der Waals surface area contributed by atoms with E-state index in [9.17, 15) is 18.5 Å². The van der Waals surface area contributed by atoms with Gasteiger partial charge in [-0.3, -0.25) is 15.1 Å². The lowest BCUT2D eigenvalue weighted by molar-refractivity contribution is -0.526. The Balaban J connectivity index is 1.96. The molecule has 0 radical (unpaired) electrons.